The van der Waals surface area contributed by atoms with Gasteiger partial charge in [-0.15, -0.1) is 12.6 Å². The number of thiocarbonyl (C=S) groups is 1. The number of aryl methyl sites for hydroxylation is 1. The van der Waals surface area contributed by atoms with Gasteiger partial charge in [-0.05, 0) is 24.5 Å². The zero-order valence-corrected chi connectivity index (χ0v) is 12.6. The zero-order chi connectivity index (χ0) is 13.8. The fourth-order valence-electron chi connectivity index (χ4n) is 1.64. The monoisotopic (exact) mass is 425 g/mol. The van der Waals surface area contributed by atoms with Gasteiger partial charge in [-0.3, -0.25) is 0 Å². The van der Waals surface area contributed by atoms with Gasteiger partial charge in [0.2, 0.25) is 0 Å². The summed E-state index contributed by atoms with van der Waals surface area (Å²) in [6.07, 6.45) is 7.43. The summed E-state index contributed by atoms with van der Waals surface area (Å²) in [5, 5.41) is 9.51. The number of hydrogen-bond acceptors (Lipinski definition) is 2. The van der Waals surface area contributed by atoms with E-state index in [1.807, 2.05) is 18.2 Å². The SMILES string of the molecule is CCCCCCCc1ccccc1O.NC(=S)S.[BaH2]. The first kappa shape index (κ1) is 22.1. The molecule has 5 heteroatoms. The Morgan fingerprint density at radius 1 is 1.21 bits per heavy atom. The third-order valence-corrected chi connectivity index (χ3v) is 2.54. The van der Waals surface area contributed by atoms with Gasteiger partial charge < -0.3 is 10.8 Å². The zero-order valence-electron chi connectivity index (χ0n) is 10.9. The molecule has 0 saturated carbocycles. The van der Waals surface area contributed by atoms with Crippen molar-refractivity contribution >= 4 is 78.0 Å². The molecule has 0 bridgehead atoms. The number of benzene rings is 1. The van der Waals surface area contributed by atoms with Crippen LogP contribution < -0.4 is 5.73 Å². The second kappa shape index (κ2) is 15.2. The summed E-state index contributed by atoms with van der Waals surface area (Å²) in [4.78, 5) is 0. The van der Waals surface area contributed by atoms with E-state index in [9.17, 15) is 5.11 Å². The minimum absolute atomic E-state index is 0. The van der Waals surface area contributed by atoms with Crippen LogP contribution >= 0.6 is 24.8 Å². The summed E-state index contributed by atoms with van der Waals surface area (Å²) in [7, 11) is 0. The first-order chi connectivity index (χ1) is 8.57. The number of thiol groups is 1. The third-order valence-electron chi connectivity index (χ3n) is 2.54. The van der Waals surface area contributed by atoms with E-state index in [4.69, 9.17) is 5.73 Å². The first-order valence-corrected chi connectivity index (χ1v) is 7.18. The fourth-order valence-corrected chi connectivity index (χ4v) is 1.64. The summed E-state index contributed by atoms with van der Waals surface area (Å²) >= 11 is 7.65. The van der Waals surface area contributed by atoms with Crippen molar-refractivity contribution in [1.82, 2.24) is 0 Å². The van der Waals surface area contributed by atoms with Crippen LogP contribution in [0.25, 0.3) is 0 Å². The van der Waals surface area contributed by atoms with E-state index >= 15 is 0 Å². The summed E-state index contributed by atoms with van der Waals surface area (Å²) < 4.78 is 0.194. The van der Waals surface area contributed by atoms with Crippen LogP contribution in [0.1, 0.15) is 44.6 Å². The molecule has 0 aliphatic carbocycles. The molecule has 0 heterocycles. The Labute approximate surface area is 168 Å². The molecule has 0 atom stereocenters. The Morgan fingerprint density at radius 2 is 1.74 bits per heavy atom. The fraction of sp³-hybridized carbons (Fsp3) is 0.500. The number of nitrogens with two attached hydrogens (primary N) is 1. The number of phenols is 1. The molecule has 1 aromatic rings. The first-order valence-electron chi connectivity index (χ1n) is 6.33. The molecule has 3 N–H and O–H groups in total. The van der Waals surface area contributed by atoms with Gasteiger partial charge in [-0.1, -0.05) is 63.0 Å². The van der Waals surface area contributed by atoms with Crippen LogP contribution in [0, 0.1) is 0 Å². The Balaban J connectivity index is 0. The van der Waals surface area contributed by atoms with E-state index in [-0.39, 0.29) is 53.2 Å². The standard InChI is InChI=1S/C13H20O.CH3NS2.Ba.2H/c1-2-3-4-5-6-9-12-10-7-8-11-13(12)14;2-1(3)4;;;/h7-8,10-11,14H,2-6,9H2,1H3;(H3,2,3,4);;;. The van der Waals surface area contributed by atoms with Gasteiger partial charge in [-0.25, -0.2) is 0 Å². The molecule has 2 nitrogen and oxygen atoms in total. The quantitative estimate of drug-likeness (QED) is 0.284. The molecule has 106 valence electrons. The summed E-state index contributed by atoms with van der Waals surface area (Å²) in [6.45, 7) is 2.23. The molecule has 0 aromatic heterocycles. The van der Waals surface area contributed by atoms with E-state index in [2.05, 4.69) is 31.8 Å². The Morgan fingerprint density at radius 3 is 2.26 bits per heavy atom. The number of unbranched alkanes of at least 4 members (excludes halogenated alkanes) is 4. The van der Waals surface area contributed by atoms with Crippen molar-refractivity contribution in [3.05, 3.63) is 29.8 Å². The predicted molar refractivity (Wildman–Crippen MR) is 94.9 cm³/mol. The van der Waals surface area contributed by atoms with E-state index in [0.717, 1.165) is 12.0 Å². The Kier molecular flexibility index (Phi) is 17.7. The summed E-state index contributed by atoms with van der Waals surface area (Å²) in [5.41, 5.74) is 5.79. The van der Waals surface area contributed by atoms with E-state index in [0.29, 0.717) is 5.75 Å². The molecule has 0 fully saturated rings. The van der Waals surface area contributed by atoms with Gasteiger partial charge in [0.05, 0.1) is 0 Å². The van der Waals surface area contributed by atoms with Crippen LogP contribution in [0.4, 0.5) is 0 Å². The van der Waals surface area contributed by atoms with Crippen molar-refractivity contribution in [2.45, 2.75) is 45.4 Å². The number of rotatable bonds is 6. The van der Waals surface area contributed by atoms with Gasteiger partial charge in [0.25, 0.3) is 0 Å². The molecule has 0 radical (unpaired) electrons. The minimum atomic E-state index is 0. The van der Waals surface area contributed by atoms with Crippen LogP contribution in [0.2, 0.25) is 0 Å². The average molecular weight is 425 g/mol. The predicted octanol–water partition coefficient (Wildman–Crippen LogP) is 3.15. The summed E-state index contributed by atoms with van der Waals surface area (Å²) in [6, 6.07) is 7.63. The van der Waals surface area contributed by atoms with Crippen molar-refractivity contribution in [3.63, 3.8) is 0 Å². The molecular weight excluding hydrogens is 400 g/mol. The van der Waals surface area contributed by atoms with Gasteiger partial charge in [0, 0.05) is 0 Å². The Bertz CT molecular complexity index is 344. The van der Waals surface area contributed by atoms with E-state index in [1.165, 1.54) is 32.1 Å². The summed E-state index contributed by atoms with van der Waals surface area (Å²) in [5.74, 6) is 0.447. The van der Waals surface area contributed by atoms with Gasteiger partial charge in [0.15, 0.2) is 0 Å². The number of hydrogen-bond donors (Lipinski definition) is 3. The molecule has 0 aliphatic heterocycles. The average Bonchev–Trinajstić information content (AvgIpc) is 2.30. The van der Waals surface area contributed by atoms with Crippen LogP contribution in [-0.4, -0.2) is 58.3 Å². The number of phenolic OH excluding ortho intramolecular Hbond substituents is 1. The molecular formula is C14H25BaNOS2. The van der Waals surface area contributed by atoms with Crippen molar-refractivity contribution in [3.8, 4) is 5.75 Å². The Hall–Kier alpha value is 0.831. The van der Waals surface area contributed by atoms with Crippen molar-refractivity contribution in [1.29, 1.82) is 0 Å². The van der Waals surface area contributed by atoms with Gasteiger partial charge in [0.1, 0.15) is 10.1 Å². The molecule has 0 spiro atoms. The second-order valence-corrected chi connectivity index (χ2v) is 5.36. The van der Waals surface area contributed by atoms with Crippen LogP contribution in [0.5, 0.6) is 5.75 Å². The van der Waals surface area contributed by atoms with E-state index in [1.54, 1.807) is 6.07 Å². The molecule has 0 unspecified atom stereocenters. The normalized spacial score (nSPS) is 8.95. The van der Waals surface area contributed by atoms with Crippen molar-refractivity contribution < 1.29 is 5.11 Å². The molecule has 1 rings (SSSR count). The number of aromatic hydroxyl groups is 1. The molecule has 1 aromatic carbocycles. The van der Waals surface area contributed by atoms with Gasteiger partial charge >= 0.3 is 48.9 Å². The topological polar surface area (TPSA) is 46.2 Å². The van der Waals surface area contributed by atoms with Crippen LogP contribution in [-0.2, 0) is 6.42 Å². The van der Waals surface area contributed by atoms with Crippen molar-refractivity contribution in [2.75, 3.05) is 0 Å². The molecule has 0 amide bonds. The maximum absolute atomic E-state index is 9.51. The van der Waals surface area contributed by atoms with Gasteiger partial charge in [-0.2, -0.15) is 0 Å². The van der Waals surface area contributed by atoms with Crippen molar-refractivity contribution in [2.24, 2.45) is 5.73 Å². The second-order valence-electron chi connectivity index (χ2n) is 4.13. The molecule has 19 heavy (non-hydrogen) atoms. The van der Waals surface area contributed by atoms with Crippen LogP contribution in [0.15, 0.2) is 24.3 Å². The third kappa shape index (κ3) is 15.0. The molecule has 0 saturated heterocycles. The molecule has 0 aliphatic rings. The number of para-hydroxylation sites is 1. The van der Waals surface area contributed by atoms with Crippen LogP contribution in [0.3, 0.4) is 0 Å². The maximum atomic E-state index is 9.51. The van der Waals surface area contributed by atoms with E-state index < -0.39 is 0 Å².